The molecular weight excluding hydrogens is 222 g/mol. The molecule has 18 heavy (non-hydrogen) atoms. The molecule has 0 heterocycles. The van der Waals surface area contributed by atoms with Gasteiger partial charge < -0.3 is 4.74 Å². The summed E-state index contributed by atoms with van der Waals surface area (Å²) >= 11 is 0. The van der Waals surface area contributed by atoms with E-state index in [0.29, 0.717) is 13.0 Å². The molecule has 90 valence electrons. The van der Waals surface area contributed by atoms with Gasteiger partial charge in [-0.1, -0.05) is 36.4 Å². The fourth-order valence-corrected chi connectivity index (χ4v) is 1.82. The summed E-state index contributed by atoms with van der Waals surface area (Å²) in [6, 6.07) is 18.3. The Morgan fingerprint density at radius 1 is 0.944 bits per heavy atom. The van der Waals surface area contributed by atoms with E-state index in [4.69, 9.17) is 10.00 Å². The number of hydrogen-bond donors (Lipinski definition) is 0. The summed E-state index contributed by atoms with van der Waals surface area (Å²) in [5.41, 5.74) is 3.36. The van der Waals surface area contributed by atoms with Gasteiger partial charge in [0, 0.05) is 0 Å². The van der Waals surface area contributed by atoms with Crippen molar-refractivity contribution in [3.63, 3.8) is 0 Å². The van der Waals surface area contributed by atoms with Gasteiger partial charge >= 0.3 is 0 Å². The van der Waals surface area contributed by atoms with E-state index >= 15 is 0 Å². The van der Waals surface area contributed by atoms with Crippen molar-refractivity contribution in [3.05, 3.63) is 54.1 Å². The van der Waals surface area contributed by atoms with Crippen LogP contribution in [0.3, 0.4) is 0 Å². The van der Waals surface area contributed by atoms with Gasteiger partial charge in [0.2, 0.25) is 0 Å². The first-order valence-electron chi connectivity index (χ1n) is 6.02. The topological polar surface area (TPSA) is 33.0 Å². The number of nitriles is 1. The predicted octanol–water partition coefficient (Wildman–Crippen LogP) is 3.82. The Morgan fingerprint density at radius 3 is 2.00 bits per heavy atom. The van der Waals surface area contributed by atoms with E-state index in [-0.39, 0.29) is 0 Å². The lowest BCUT2D eigenvalue weighted by Crippen LogP contribution is -1.90. The zero-order valence-corrected chi connectivity index (χ0v) is 10.4. The van der Waals surface area contributed by atoms with Crippen molar-refractivity contribution in [2.75, 3.05) is 6.61 Å². The molecule has 0 unspecified atom stereocenters. The van der Waals surface area contributed by atoms with Crippen molar-refractivity contribution in [1.29, 1.82) is 5.26 Å². The van der Waals surface area contributed by atoms with Crippen LogP contribution in [-0.4, -0.2) is 6.61 Å². The van der Waals surface area contributed by atoms with Crippen LogP contribution in [-0.2, 0) is 6.42 Å². The van der Waals surface area contributed by atoms with Crippen molar-refractivity contribution >= 4 is 0 Å². The molecule has 2 rings (SSSR count). The first kappa shape index (κ1) is 12.2. The highest BCUT2D eigenvalue weighted by atomic mass is 16.5. The Hall–Kier alpha value is -2.27. The van der Waals surface area contributed by atoms with Crippen LogP contribution in [0.25, 0.3) is 11.1 Å². The van der Waals surface area contributed by atoms with Gasteiger partial charge in [0.1, 0.15) is 5.75 Å². The number of benzene rings is 2. The smallest absolute Gasteiger partial charge is 0.119 e. The van der Waals surface area contributed by atoms with Crippen LogP contribution in [0.5, 0.6) is 5.75 Å². The second-order valence-electron chi connectivity index (χ2n) is 3.99. The Labute approximate surface area is 107 Å². The molecule has 0 aliphatic carbocycles. The van der Waals surface area contributed by atoms with Crippen LogP contribution in [0.2, 0.25) is 0 Å². The molecule has 0 saturated carbocycles. The van der Waals surface area contributed by atoms with Gasteiger partial charge in [-0.05, 0) is 35.7 Å². The third-order valence-corrected chi connectivity index (χ3v) is 2.74. The lowest BCUT2D eigenvalue weighted by atomic mass is 10.0. The lowest BCUT2D eigenvalue weighted by molar-refractivity contribution is 0.340. The number of ether oxygens (including phenoxy) is 1. The van der Waals surface area contributed by atoms with Crippen molar-refractivity contribution in [3.8, 4) is 22.9 Å². The highest BCUT2D eigenvalue weighted by molar-refractivity contribution is 5.64. The van der Waals surface area contributed by atoms with Gasteiger partial charge in [0.25, 0.3) is 0 Å². The molecule has 0 spiro atoms. The second kappa shape index (κ2) is 5.88. The molecule has 0 bridgehead atoms. The van der Waals surface area contributed by atoms with Gasteiger partial charge in [-0.3, -0.25) is 0 Å². The standard InChI is InChI=1S/C16H15NO/c1-2-18-16-9-7-15(8-10-16)14-5-3-13(4-6-14)11-12-17/h3-10H,2,11H2,1H3. The van der Waals surface area contributed by atoms with Gasteiger partial charge in [0.05, 0.1) is 19.1 Å². The largest absolute Gasteiger partial charge is 0.494 e. The summed E-state index contributed by atoms with van der Waals surface area (Å²) in [5, 5.41) is 8.62. The van der Waals surface area contributed by atoms with E-state index in [1.807, 2.05) is 55.5 Å². The number of nitrogens with zero attached hydrogens (tertiary/aromatic N) is 1. The molecule has 2 aromatic carbocycles. The molecule has 0 aromatic heterocycles. The summed E-state index contributed by atoms with van der Waals surface area (Å²) in [6.07, 6.45) is 0.462. The van der Waals surface area contributed by atoms with Crippen LogP contribution in [0, 0.1) is 11.3 Å². The average molecular weight is 237 g/mol. The zero-order valence-electron chi connectivity index (χ0n) is 10.4. The normalized spacial score (nSPS) is 9.78. The fraction of sp³-hybridized carbons (Fsp3) is 0.188. The zero-order chi connectivity index (χ0) is 12.8. The van der Waals surface area contributed by atoms with E-state index in [1.54, 1.807) is 0 Å². The van der Waals surface area contributed by atoms with Gasteiger partial charge in [-0.15, -0.1) is 0 Å². The summed E-state index contributed by atoms with van der Waals surface area (Å²) in [6.45, 7) is 2.66. The van der Waals surface area contributed by atoms with Crippen LogP contribution >= 0.6 is 0 Å². The molecule has 0 radical (unpaired) electrons. The first-order chi connectivity index (χ1) is 8.83. The molecule has 0 atom stereocenters. The molecule has 0 amide bonds. The molecular formula is C16H15NO. The molecule has 0 saturated heterocycles. The predicted molar refractivity (Wildman–Crippen MR) is 72.4 cm³/mol. The molecule has 0 aliphatic heterocycles. The molecule has 0 N–H and O–H groups in total. The third-order valence-electron chi connectivity index (χ3n) is 2.74. The molecule has 2 nitrogen and oxygen atoms in total. The Morgan fingerprint density at radius 2 is 1.50 bits per heavy atom. The van der Waals surface area contributed by atoms with E-state index in [2.05, 4.69) is 6.07 Å². The Bertz CT molecular complexity index is 535. The van der Waals surface area contributed by atoms with E-state index < -0.39 is 0 Å². The van der Waals surface area contributed by atoms with Gasteiger partial charge in [-0.25, -0.2) is 0 Å². The third kappa shape index (κ3) is 2.89. The Kier molecular flexibility index (Phi) is 3.98. The maximum absolute atomic E-state index is 8.62. The highest BCUT2D eigenvalue weighted by Gasteiger charge is 1.99. The molecule has 0 aliphatic rings. The molecule has 0 fully saturated rings. The monoisotopic (exact) mass is 237 g/mol. The summed E-state index contributed by atoms with van der Waals surface area (Å²) in [7, 11) is 0. The highest BCUT2D eigenvalue weighted by Crippen LogP contribution is 2.22. The summed E-state index contributed by atoms with van der Waals surface area (Å²) in [4.78, 5) is 0. The van der Waals surface area contributed by atoms with Crippen molar-refractivity contribution in [2.24, 2.45) is 0 Å². The molecule has 2 heteroatoms. The SMILES string of the molecule is CCOc1ccc(-c2ccc(CC#N)cc2)cc1. The summed E-state index contributed by atoms with van der Waals surface area (Å²) < 4.78 is 5.41. The number of rotatable bonds is 4. The van der Waals surface area contributed by atoms with Crippen molar-refractivity contribution < 1.29 is 4.74 Å². The van der Waals surface area contributed by atoms with Crippen LogP contribution in [0.15, 0.2) is 48.5 Å². The summed E-state index contributed by atoms with van der Waals surface area (Å²) in [5.74, 6) is 0.891. The van der Waals surface area contributed by atoms with Crippen molar-refractivity contribution in [2.45, 2.75) is 13.3 Å². The minimum atomic E-state index is 0.462. The first-order valence-corrected chi connectivity index (χ1v) is 6.02. The lowest BCUT2D eigenvalue weighted by Gasteiger charge is -2.05. The van der Waals surface area contributed by atoms with Gasteiger partial charge in [0.15, 0.2) is 0 Å². The average Bonchev–Trinajstić information content (AvgIpc) is 2.41. The minimum Gasteiger partial charge on any atom is -0.494 e. The van der Waals surface area contributed by atoms with E-state index in [0.717, 1.165) is 22.4 Å². The van der Waals surface area contributed by atoms with Crippen molar-refractivity contribution in [1.82, 2.24) is 0 Å². The fourth-order valence-electron chi connectivity index (χ4n) is 1.82. The maximum atomic E-state index is 8.62. The quantitative estimate of drug-likeness (QED) is 0.809. The van der Waals surface area contributed by atoms with Crippen LogP contribution < -0.4 is 4.74 Å². The van der Waals surface area contributed by atoms with E-state index in [1.165, 1.54) is 0 Å². The minimum absolute atomic E-state index is 0.462. The molecule has 2 aromatic rings. The number of hydrogen-bond acceptors (Lipinski definition) is 2. The van der Waals surface area contributed by atoms with Crippen LogP contribution in [0.1, 0.15) is 12.5 Å². The maximum Gasteiger partial charge on any atom is 0.119 e. The van der Waals surface area contributed by atoms with Crippen LogP contribution in [0.4, 0.5) is 0 Å². The van der Waals surface area contributed by atoms with E-state index in [9.17, 15) is 0 Å². The second-order valence-corrected chi connectivity index (χ2v) is 3.99. The Balaban J connectivity index is 2.18. The van der Waals surface area contributed by atoms with Gasteiger partial charge in [-0.2, -0.15) is 5.26 Å².